The van der Waals surface area contributed by atoms with Gasteiger partial charge < -0.3 is 10.5 Å². The molecule has 2 atom stereocenters. The zero-order chi connectivity index (χ0) is 19.3. The van der Waals surface area contributed by atoms with Crippen LogP contribution in [0, 0.1) is 0 Å². The molecule has 3 heteroatoms. The highest BCUT2D eigenvalue weighted by molar-refractivity contribution is 5.93. The van der Waals surface area contributed by atoms with E-state index in [0.717, 1.165) is 31.4 Å². The van der Waals surface area contributed by atoms with E-state index in [9.17, 15) is 4.79 Å². The summed E-state index contributed by atoms with van der Waals surface area (Å²) in [6.07, 6.45) is 4.58. The van der Waals surface area contributed by atoms with Gasteiger partial charge >= 0.3 is 0 Å². The van der Waals surface area contributed by atoms with Crippen molar-refractivity contribution < 1.29 is 9.53 Å². The van der Waals surface area contributed by atoms with Gasteiger partial charge in [-0.2, -0.15) is 0 Å². The average Bonchev–Trinajstić information content (AvgIpc) is 3.44. The number of ether oxygens (including phenoxy) is 1. The number of hydrogen-bond donors (Lipinski definition) is 1. The largest absolute Gasteiger partial charge is 0.489 e. The Kier molecular flexibility index (Phi) is 3.94. The molecule has 1 saturated carbocycles. The molecule has 2 aliphatic rings. The van der Waals surface area contributed by atoms with E-state index < -0.39 is 5.91 Å². The molecule has 0 saturated heterocycles. The average molecular weight is 371 g/mol. The minimum absolute atomic E-state index is 0.0482. The minimum atomic E-state index is -0.405. The van der Waals surface area contributed by atoms with Crippen LogP contribution < -0.4 is 10.5 Å². The van der Waals surface area contributed by atoms with Gasteiger partial charge in [0, 0.05) is 22.5 Å². The van der Waals surface area contributed by atoms with Gasteiger partial charge in [0.1, 0.15) is 11.9 Å². The van der Waals surface area contributed by atoms with E-state index in [4.69, 9.17) is 10.5 Å². The van der Waals surface area contributed by atoms with Crippen LogP contribution in [0.2, 0.25) is 0 Å². The fourth-order valence-corrected chi connectivity index (χ4v) is 5.10. The molecule has 1 aliphatic carbocycles. The van der Waals surface area contributed by atoms with Crippen molar-refractivity contribution in [1.29, 1.82) is 0 Å². The molecule has 28 heavy (non-hydrogen) atoms. The maximum Gasteiger partial charge on any atom is 0.248 e. The highest BCUT2D eigenvalue weighted by Gasteiger charge is 2.57. The molecule has 1 aliphatic heterocycles. The fourth-order valence-electron chi connectivity index (χ4n) is 5.10. The lowest BCUT2D eigenvalue weighted by Crippen LogP contribution is -2.33. The number of rotatable bonds is 5. The third kappa shape index (κ3) is 2.53. The van der Waals surface area contributed by atoms with Gasteiger partial charge in [-0.25, -0.2) is 0 Å². The monoisotopic (exact) mass is 371 g/mol. The summed E-state index contributed by atoms with van der Waals surface area (Å²) in [4.78, 5) is 11.6. The van der Waals surface area contributed by atoms with Crippen LogP contribution in [-0.4, -0.2) is 12.0 Å². The summed E-state index contributed by atoms with van der Waals surface area (Å²) in [6, 6.07) is 21.0. The van der Waals surface area contributed by atoms with Crippen molar-refractivity contribution in [3.8, 4) is 5.75 Å². The van der Waals surface area contributed by atoms with Crippen molar-refractivity contribution in [3.63, 3.8) is 0 Å². The normalized spacial score (nSPS) is 21.9. The second-order valence-corrected chi connectivity index (χ2v) is 8.23. The van der Waals surface area contributed by atoms with Crippen molar-refractivity contribution >= 4 is 16.7 Å². The molecule has 0 aromatic heterocycles. The van der Waals surface area contributed by atoms with E-state index in [2.05, 4.69) is 55.5 Å². The van der Waals surface area contributed by atoms with Crippen molar-refractivity contribution in [2.24, 2.45) is 5.73 Å². The highest BCUT2D eigenvalue weighted by Crippen LogP contribution is 2.60. The van der Waals surface area contributed by atoms with Crippen LogP contribution in [0.3, 0.4) is 0 Å². The number of amides is 1. The first-order valence-corrected chi connectivity index (χ1v) is 10.2. The van der Waals surface area contributed by atoms with Gasteiger partial charge in [-0.05, 0) is 47.7 Å². The summed E-state index contributed by atoms with van der Waals surface area (Å²) in [5, 5.41) is 2.61. The lowest BCUT2D eigenvalue weighted by Gasteiger charge is -2.29. The first-order valence-electron chi connectivity index (χ1n) is 10.2. The van der Waals surface area contributed by atoms with Crippen LogP contribution in [0.5, 0.6) is 5.75 Å². The van der Waals surface area contributed by atoms with Gasteiger partial charge in [0.15, 0.2) is 0 Å². The summed E-state index contributed by atoms with van der Waals surface area (Å²) in [6.45, 7) is 2.23. The van der Waals surface area contributed by atoms with Crippen LogP contribution in [0.1, 0.15) is 60.0 Å². The minimum Gasteiger partial charge on any atom is -0.489 e. The molecule has 3 nitrogen and oxygen atoms in total. The lowest BCUT2D eigenvalue weighted by molar-refractivity contribution is 0.0999. The van der Waals surface area contributed by atoms with E-state index in [-0.39, 0.29) is 11.5 Å². The molecule has 2 unspecified atom stereocenters. The van der Waals surface area contributed by atoms with Crippen LogP contribution >= 0.6 is 0 Å². The Labute approximate surface area is 165 Å². The maximum absolute atomic E-state index is 11.6. The molecule has 2 N–H and O–H groups in total. The summed E-state index contributed by atoms with van der Waals surface area (Å²) in [5.74, 6) is 0.784. The third-order valence-corrected chi connectivity index (χ3v) is 6.58. The Bertz CT molecular complexity index is 1060. The summed E-state index contributed by atoms with van der Waals surface area (Å²) in [7, 11) is 0. The van der Waals surface area contributed by atoms with Gasteiger partial charge in [0.05, 0.1) is 0 Å². The smallest absolute Gasteiger partial charge is 0.248 e. The zero-order valence-electron chi connectivity index (χ0n) is 16.2. The summed E-state index contributed by atoms with van der Waals surface area (Å²) in [5.41, 5.74) is 8.69. The standard InChI is InChI=1S/C25H25NO2/c1-2-6-20-19-12-11-17(24(26)27)15-22(19)28-23(20)25(13-14-25)21-10-5-8-16-7-3-4-9-18(16)21/h3-5,7-12,15,20,23H,2,6,13-14H2,1H3,(H2,26,27). The number of carbonyl (C=O) groups excluding carboxylic acids is 1. The predicted molar refractivity (Wildman–Crippen MR) is 112 cm³/mol. The Morgan fingerprint density at radius 3 is 2.64 bits per heavy atom. The van der Waals surface area contributed by atoms with Crippen molar-refractivity contribution in [1.82, 2.24) is 0 Å². The van der Waals surface area contributed by atoms with Crippen LogP contribution in [0.4, 0.5) is 0 Å². The molecule has 1 fully saturated rings. The molecular weight excluding hydrogens is 346 g/mol. The van der Waals surface area contributed by atoms with E-state index in [1.165, 1.54) is 21.9 Å². The van der Waals surface area contributed by atoms with E-state index in [0.29, 0.717) is 11.5 Å². The molecule has 3 aromatic carbocycles. The number of benzene rings is 3. The fraction of sp³-hybridized carbons (Fsp3) is 0.320. The number of carbonyl (C=O) groups is 1. The van der Waals surface area contributed by atoms with Crippen LogP contribution in [-0.2, 0) is 5.41 Å². The summed E-state index contributed by atoms with van der Waals surface area (Å²) >= 11 is 0. The molecule has 5 rings (SSSR count). The molecule has 0 spiro atoms. The number of hydrogen-bond acceptors (Lipinski definition) is 2. The molecule has 1 heterocycles. The molecule has 142 valence electrons. The molecule has 3 aromatic rings. The maximum atomic E-state index is 11.6. The Morgan fingerprint density at radius 2 is 1.89 bits per heavy atom. The first-order chi connectivity index (χ1) is 13.6. The quantitative estimate of drug-likeness (QED) is 0.660. The van der Waals surface area contributed by atoms with Gasteiger partial charge in [-0.3, -0.25) is 4.79 Å². The first kappa shape index (κ1) is 17.3. The second kappa shape index (κ2) is 6.37. The van der Waals surface area contributed by atoms with Gasteiger partial charge in [-0.1, -0.05) is 61.9 Å². The summed E-state index contributed by atoms with van der Waals surface area (Å²) < 4.78 is 6.59. The van der Waals surface area contributed by atoms with Gasteiger partial charge in [0.25, 0.3) is 0 Å². The van der Waals surface area contributed by atoms with Gasteiger partial charge in [-0.15, -0.1) is 0 Å². The molecule has 1 amide bonds. The number of nitrogens with two attached hydrogens (primary N) is 1. The van der Waals surface area contributed by atoms with Crippen molar-refractivity contribution in [3.05, 3.63) is 77.4 Å². The van der Waals surface area contributed by atoms with Crippen molar-refractivity contribution in [2.75, 3.05) is 0 Å². The Balaban J connectivity index is 1.60. The molecule has 0 bridgehead atoms. The molecule has 0 radical (unpaired) electrons. The highest BCUT2D eigenvalue weighted by atomic mass is 16.5. The Hall–Kier alpha value is -2.81. The van der Waals surface area contributed by atoms with E-state index >= 15 is 0 Å². The number of primary amides is 1. The molecular formula is C25H25NO2. The predicted octanol–water partition coefficient (Wildman–Crippen LogP) is 5.32. The van der Waals surface area contributed by atoms with Gasteiger partial charge in [0.2, 0.25) is 5.91 Å². The number of fused-ring (bicyclic) bond motifs is 2. The van der Waals surface area contributed by atoms with Crippen LogP contribution in [0.25, 0.3) is 10.8 Å². The van der Waals surface area contributed by atoms with E-state index in [1.54, 1.807) is 0 Å². The second-order valence-electron chi connectivity index (χ2n) is 8.23. The SMILES string of the molecule is CCCC1c2ccc(C(N)=O)cc2OC1C1(c2cccc3ccccc23)CC1. The van der Waals surface area contributed by atoms with E-state index in [1.807, 2.05) is 12.1 Å². The zero-order valence-corrected chi connectivity index (χ0v) is 16.2. The lowest BCUT2D eigenvalue weighted by atomic mass is 9.78. The Morgan fingerprint density at radius 1 is 1.11 bits per heavy atom. The van der Waals surface area contributed by atoms with Crippen molar-refractivity contribution in [2.45, 2.75) is 50.0 Å². The van der Waals surface area contributed by atoms with Crippen LogP contribution in [0.15, 0.2) is 60.7 Å². The third-order valence-electron chi connectivity index (χ3n) is 6.58. The topological polar surface area (TPSA) is 52.3 Å².